The molecular weight excluding hydrogens is 358 g/mol. The summed E-state index contributed by atoms with van der Waals surface area (Å²) in [4.78, 5) is 14.3. The van der Waals surface area contributed by atoms with E-state index in [1.807, 2.05) is 11.8 Å². The summed E-state index contributed by atoms with van der Waals surface area (Å²) in [5.41, 5.74) is 1.36. The second kappa shape index (κ2) is 7.55. The molecule has 2 heterocycles. The minimum atomic E-state index is -3.54. The molecule has 1 aromatic carbocycles. The number of nitrogens with zero attached hydrogens (tertiary/aromatic N) is 1. The normalized spacial score (nSPS) is 18.1. The Hall–Kier alpha value is -1.90. The molecule has 1 amide bonds. The van der Waals surface area contributed by atoms with Gasteiger partial charge in [0.15, 0.2) is 0 Å². The van der Waals surface area contributed by atoms with Gasteiger partial charge in [-0.15, -0.1) is 11.3 Å². The van der Waals surface area contributed by atoms with Gasteiger partial charge in [-0.3, -0.25) is 9.52 Å². The minimum Gasteiger partial charge on any atom is -0.337 e. The van der Waals surface area contributed by atoms with Crippen molar-refractivity contribution in [2.75, 3.05) is 24.4 Å². The van der Waals surface area contributed by atoms with Crippen LogP contribution in [0.25, 0.3) is 0 Å². The molecule has 8 heteroatoms. The molecule has 0 aliphatic carbocycles. The first kappa shape index (κ1) is 17.9. The number of benzene rings is 1. The summed E-state index contributed by atoms with van der Waals surface area (Å²) in [6.45, 7) is 4.39. The van der Waals surface area contributed by atoms with E-state index in [0.29, 0.717) is 12.1 Å². The van der Waals surface area contributed by atoms with E-state index in [2.05, 4.69) is 10.0 Å². The van der Waals surface area contributed by atoms with Crippen molar-refractivity contribution in [3.8, 4) is 0 Å². The Morgan fingerprint density at radius 3 is 2.72 bits per heavy atom. The number of hydrogen-bond acceptors (Lipinski definition) is 5. The number of nitrogens with one attached hydrogen (secondary N) is 2. The Morgan fingerprint density at radius 1 is 1.32 bits per heavy atom. The van der Waals surface area contributed by atoms with Crippen LogP contribution in [0.3, 0.4) is 0 Å². The Bertz CT molecular complexity index is 817. The van der Waals surface area contributed by atoms with Crippen LogP contribution in [-0.4, -0.2) is 44.9 Å². The molecule has 0 saturated carbocycles. The fraction of sp³-hybridized carbons (Fsp3) is 0.353. The van der Waals surface area contributed by atoms with Gasteiger partial charge in [-0.05, 0) is 36.1 Å². The number of sulfonamides is 1. The molecule has 0 unspecified atom stereocenters. The molecular formula is C17H21N3O3S2. The Labute approximate surface area is 151 Å². The van der Waals surface area contributed by atoms with E-state index in [-0.39, 0.29) is 16.2 Å². The van der Waals surface area contributed by atoms with Gasteiger partial charge in [0.1, 0.15) is 4.21 Å². The predicted octanol–water partition coefficient (Wildman–Crippen LogP) is 1.91. The minimum absolute atomic E-state index is 0.0981. The highest BCUT2D eigenvalue weighted by Crippen LogP contribution is 2.20. The summed E-state index contributed by atoms with van der Waals surface area (Å²) >= 11 is 1.17. The summed E-state index contributed by atoms with van der Waals surface area (Å²) in [6.07, 6.45) is 0.322. The second-order valence-electron chi connectivity index (χ2n) is 6.05. The van der Waals surface area contributed by atoms with Crippen LogP contribution in [-0.2, 0) is 21.2 Å². The zero-order chi connectivity index (χ0) is 17.9. The lowest BCUT2D eigenvalue weighted by molar-refractivity contribution is -0.133. The standard InChI is InChI=1S/C17H21N3O3S2/c1-13-12-18-8-9-20(13)16(21)11-14-4-6-15(7-5-14)19-25(22,23)17-3-2-10-24-17/h2-7,10,13,18-19H,8-9,11-12H2,1H3/t13-/m0/s1. The molecule has 1 aliphatic rings. The van der Waals surface area contributed by atoms with Crippen molar-refractivity contribution in [3.05, 3.63) is 47.3 Å². The molecule has 1 fully saturated rings. The second-order valence-corrected chi connectivity index (χ2v) is 8.91. The maximum atomic E-state index is 12.4. The molecule has 1 atom stereocenters. The molecule has 2 aromatic rings. The number of piperazine rings is 1. The van der Waals surface area contributed by atoms with E-state index in [0.717, 1.165) is 25.2 Å². The van der Waals surface area contributed by atoms with Gasteiger partial charge < -0.3 is 10.2 Å². The maximum absolute atomic E-state index is 12.4. The summed E-state index contributed by atoms with van der Waals surface area (Å²) in [5, 5.41) is 4.99. The van der Waals surface area contributed by atoms with Gasteiger partial charge in [0, 0.05) is 31.4 Å². The first-order valence-electron chi connectivity index (χ1n) is 8.11. The van der Waals surface area contributed by atoms with Gasteiger partial charge in [0.25, 0.3) is 10.0 Å². The Balaban J connectivity index is 1.63. The molecule has 1 aliphatic heterocycles. The van der Waals surface area contributed by atoms with Crippen molar-refractivity contribution in [3.63, 3.8) is 0 Å². The third kappa shape index (κ3) is 4.39. The summed E-state index contributed by atoms with van der Waals surface area (Å²) in [6, 6.07) is 10.4. The molecule has 0 radical (unpaired) electrons. The van der Waals surface area contributed by atoms with Crippen molar-refractivity contribution < 1.29 is 13.2 Å². The van der Waals surface area contributed by atoms with Crippen molar-refractivity contribution in [2.24, 2.45) is 0 Å². The van der Waals surface area contributed by atoms with E-state index in [1.54, 1.807) is 41.8 Å². The van der Waals surface area contributed by atoms with Crippen LogP contribution in [0.5, 0.6) is 0 Å². The number of carbonyl (C=O) groups excluding carboxylic acids is 1. The predicted molar refractivity (Wildman–Crippen MR) is 99.3 cm³/mol. The smallest absolute Gasteiger partial charge is 0.271 e. The molecule has 1 aromatic heterocycles. The number of thiophene rings is 1. The van der Waals surface area contributed by atoms with Crippen LogP contribution in [0.4, 0.5) is 5.69 Å². The number of anilines is 1. The zero-order valence-corrected chi connectivity index (χ0v) is 15.6. The molecule has 0 bridgehead atoms. The van der Waals surface area contributed by atoms with Crippen LogP contribution in [0, 0.1) is 0 Å². The lowest BCUT2D eigenvalue weighted by Gasteiger charge is -2.34. The molecule has 2 N–H and O–H groups in total. The van der Waals surface area contributed by atoms with Crippen LogP contribution < -0.4 is 10.0 Å². The van der Waals surface area contributed by atoms with Gasteiger partial charge in [0.2, 0.25) is 5.91 Å². The molecule has 3 rings (SSSR count). The highest BCUT2D eigenvalue weighted by Gasteiger charge is 2.22. The lowest BCUT2D eigenvalue weighted by atomic mass is 10.1. The zero-order valence-electron chi connectivity index (χ0n) is 13.9. The Kier molecular flexibility index (Phi) is 5.41. The highest BCUT2D eigenvalue weighted by molar-refractivity contribution is 7.94. The Morgan fingerprint density at radius 2 is 2.08 bits per heavy atom. The first-order valence-corrected chi connectivity index (χ1v) is 10.5. The largest absolute Gasteiger partial charge is 0.337 e. The third-order valence-corrected chi connectivity index (χ3v) is 6.92. The monoisotopic (exact) mass is 379 g/mol. The fourth-order valence-electron chi connectivity index (χ4n) is 2.80. The number of amides is 1. The van der Waals surface area contributed by atoms with Gasteiger partial charge in [-0.1, -0.05) is 18.2 Å². The average Bonchev–Trinajstić information content (AvgIpc) is 3.12. The van der Waals surface area contributed by atoms with Crippen LogP contribution in [0.15, 0.2) is 46.0 Å². The first-order chi connectivity index (χ1) is 12.0. The summed E-state index contributed by atoms with van der Waals surface area (Å²) in [5.74, 6) is 0.0981. The number of hydrogen-bond donors (Lipinski definition) is 2. The lowest BCUT2D eigenvalue weighted by Crippen LogP contribution is -2.52. The quantitative estimate of drug-likeness (QED) is 0.832. The van der Waals surface area contributed by atoms with Gasteiger partial charge in [-0.25, -0.2) is 8.42 Å². The molecule has 134 valence electrons. The van der Waals surface area contributed by atoms with Gasteiger partial charge in [0.05, 0.1) is 6.42 Å². The van der Waals surface area contributed by atoms with E-state index >= 15 is 0 Å². The summed E-state index contributed by atoms with van der Waals surface area (Å²) in [7, 11) is -3.54. The topological polar surface area (TPSA) is 78.5 Å². The van der Waals surface area contributed by atoms with E-state index < -0.39 is 10.0 Å². The molecule has 1 saturated heterocycles. The van der Waals surface area contributed by atoms with Crippen molar-refractivity contribution in [2.45, 2.75) is 23.6 Å². The van der Waals surface area contributed by atoms with Crippen molar-refractivity contribution in [1.29, 1.82) is 0 Å². The maximum Gasteiger partial charge on any atom is 0.271 e. The van der Waals surface area contributed by atoms with Crippen LogP contribution >= 0.6 is 11.3 Å². The van der Waals surface area contributed by atoms with E-state index in [9.17, 15) is 13.2 Å². The fourth-order valence-corrected chi connectivity index (χ4v) is 4.85. The molecule has 6 nitrogen and oxygen atoms in total. The van der Waals surface area contributed by atoms with E-state index in [4.69, 9.17) is 0 Å². The van der Waals surface area contributed by atoms with Crippen LogP contribution in [0.2, 0.25) is 0 Å². The van der Waals surface area contributed by atoms with Crippen molar-refractivity contribution >= 4 is 33.0 Å². The molecule has 25 heavy (non-hydrogen) atoms. The van der Waals surface area contributed by atoms with E-state index in [1.165, 1.54) is 11.3 Å². The van der Waals surface area contributed by atoms with Crippen molar-refractivity contribution in [1.82, 2.24) is 10.2 Å². The van der Waals surface area contributed by atoms with Gasteiger partial charge >= 0.3 is 0 Å². The number of carbonyl (C=O) groups is 1. The SMILES string of the molecule is C[C@H]1CNCCN1C(=O)Cc1ccc(NS(=O)(=O)c2cccs2)cc1. The summed E-state index contributed by atoms with van der Waals surface area (Å²) < 4.78 is 27.2. The van der Waals surface area contributed by atoms with Gasteiger partial charge in [-0.2, -0.15) is 0 Å². The third-order valence-electron chi connectivity index (χ3n) is 4.14. The highest BCUT2D eigenvalue weighted by atomic mass is 32.2. The molecule has 0 spiro atoms. The number of rotatable bonds is 5. The van der Waals surface area contributed by atoms with Crippen LogP contribution in [0.1, 0.15) is 12.5 Å². The average molecular weight is 380 g/mol.